The summed E-state index contributed by atoms with van der Waals surface area (Å²) >= 11 is 0. The van der Waals surface area contributed by atoms with Crippen LogP contribution in [-0.2, 0) is 23.8 Å². The van der Waals surface area contributed by atoms with Crippen molar-refractivity contribution >= 4 is 11.9 Å². The smallest absolute Gasteiger partial charge is 0.306 e. The minimum absolute atomic E-state index is 0.0366. The lowest BCUT2D eigenvalue weighted by molar-refractivity contribution is -0.162. The normalized spacial score (nSPS) is 13.1. The largest absolute Gasteiger partial charge is 0.462 e. The van der Waals surface area contributed by atoms with Crippen LogP contribution in [0, 0.1) is 0 Å². The van der Waals surface area contributed by atoms with Crippen molar-refractivity contribution in [1.82, 2.24) is 0 Å². The van der Waals surface area contributed by atoms with Crippen molar-refractivity contribution in [1.29, 1.82) is 0 Å². The molecule has 0 fully saturated rings. The zero-order valence-electron chi connectivity index (χ0n) is 40.3. The van der Waals surface area contributed by atoms with Crippen LogP contribution in [0.4, 0.5) is 0 Å². The number of rotatable bonds is 45. The van der Waals surface area contributed by atoms with Gasteiger partial charge in [-0.15, -0.1) is 0 Å². The van der Waals surface area contributed by atoms with E-state index < -0.39 is 6.10 Å². The Hall–Kier alpha value is -3.44. The molecule has 0 aromatic rings. The number of esters is 2. The lowest BCUT2D eigenvalue weighted by Crippen LogP contribution is -2.30. The maximum atomic E-state index is 12.8. The highest BCUT2D eigenvalue weighted by Gasteiger charge is 2.17. The van der Waals surface area contributed by atoms with Gasteiger partial charge in [0.1, 0.15) is 6.61 Å². The van der Waals surface area contributed by atoms with Gasteiger partial charge in [-0.25, -0.2) is 0 Å². The van der Waals surface area contributed by atoms with Crippen LogP contribution in [0.25, 0.3) is 0 Å². The minimum atomic E-state index is -0.575. The van der Waals surface area contributed by atoms with Gasteiger partial charge >= 0.3 is 11.9 Å². The Labute approximate surface area is 383 Å². The van der Waals surface area contributed by atoms with E-state index in [2.05, 4.69) is 124 Å². The molecular formula is C57H94O5. The Morgan fingerprint density at radius 3 is 1.23 bits per heavy atom. The topological polar surface area (TPSA) is 61.8 Å². The van der Waals surface area contributed by atoms with Crippen LogP contribution in [-0.4, -0.2) is 37.9 Å². The van der Waals surface area contributed by atoms with E-state index in [9.17, 15) is 9.59 Å². The molecule has 5 heteroatoms. The van der Waals surface area contributed by atoms with Gasteiger partial charge in [-0.3, -0.25) is 9.59 Å². The number of hydrogen-bond acceptors (Lipinski definition) is 5. The molecule has 0 aromatic heterocycles. The van der Waals surface area contributed by atoms with Crippen LogP contribution in [0.5, 0.6) is 0 Å². The fourth-order valence-electron chi connectivity index (χ4n) is 6.61. The second-order valence-electron chi connectivity index (χ2n) is 16.3. The van der Waals surface area contributed by atoms with Crippen molar-refractivity contribution in [3.63, 3.8) is 0 Å². The molecule has 0 rings (SSSR count). The van der Waals surface area contributed by atoms with Crippen LogP contribution in [0.1, 0.15) is 213 Å². The standard InChI is InChI=1S/C57H94O5/c1-4-7-10-13-16-19-22-24-26-28-29-31-32-34-36-38-41-44-47-50-56(58)61-54-55(53-60-52-49-46-43-40-21-18-15-12-9-6-3)62-57(59)51-48-45-42-39-37-35-33-30-27-25-23-20-17-14-11-8-5-2/h7-8,10-11,16-17,19-20,24-27,29,31,34,36,41,44,55H,4-6,9,12-15,18,21-23,28,30,32-33,35,37-40,42-43,45-54H2,1-3H3/b10-7-,11-8-,19-16-,20-17-,26-24-,27-25-,31-29-,36-34-,44-41-. The summed E-state index contributed by atoms with van der Waals surface area (Å²) in [6, 6.07) is 0. The van der Waals surface area contributed by atoms with Gasteiger partial charge in [-0.05, 0) is 89.9 Å². The van der Waals surface area contributed by atoms with Crippen LogP contribution in [0.2, 0.25) is 0 Å². The van der Waals surface area contributed by atoms with Crippen molar-refractivity contribution in [2.24, 2.45) is 0 Å². The summed E-state index contributed by atoms with van der Waals surface area (Å²) in [5.41, 5.74) is 0. The van der Waals surface area contributed by atoms with E-state index in [0.29, 0.717) is 25.9 Å². The second kappa shape index (κ2) is 51.9. The molecule has 5 nitrogen and oxygen atoms in total. The van der Waals surface area contributed by atoms with Gasteiger partial charge in [0, 0.05) is 19.4 Å². The molecule has 0 heterocycles. The Morgan fingerprint density at radius 1 is 0.371 bits per heavy atom. The van der Waals surface area contributed by atoms with Gasteiger partial charge in [-0.1, -0.05) is 220 Å². The first-order chi connectivity index (χ1) is 30.6. The molecule has 0 N–H and O–H groups in total. The van der Waals surface area contributed by atoms with E-state index in [1.807, 2.05) is 6.08 Å². The Kier molecular flexibility index (Phi) is 49.0. The monoisotopic (exact) mass is 859 g/mol. The quantitative estimate of drug-likeness (QED) is 0.0347. The van der Waals surface area contributed by atoms with E-state index in [1.165, 1.54) is 77.0 Å². The SMILES string of the molecule is CC/C=C\C/C=C\C/C=C\C/C=C\C/C=C\C/C=C\CCC(=O)OCC(COCCCCCCCCCCCC)OC(=O)CCCCCCCCC/C=C\C/C=C\C/C=C\CC. The Balaban J connectivity index is 4.37. The molecule has 0 aliphatic carbocycles. The maximum Gasteiger partial charge on any atom is 0.306 e. The summed E-state index contributed by atoms with van der Waals surface area (Å²) < 4.78 is 17.3. The van der Waals surface area contributed by atoms with Crippen LogP contribution in [0.3, 0.4) is 0 Å². The fourth-order valence-corrected chi connectivity index (χ4v) is 6.61. The van der Waals surface area contributed by atoms with Crippen LogP contribution < -0.4 is 0 Å². The number of unbranched alkanes of at least 4 members (excludes halogenated alkanes) is 16. The van der Waals surface area contributed by atoms with Gasteiger partial charge in [0.25, 0.3) is 0 Å². The Bertz CT molecular complexity index is 1250. The molecule has 1 unspecified atom stereocenters. The maximum absolute atomic E-state index is 12.8. The summed E-state index contributed by atoms with van der Waals surface area (Å²) in [7, 11) is 0. The van der Waals surface area contributed by atoms with Gasteiger partial charge in [0.05, 0.1) is 6.61 Å². The predicted molar refractivity (Wildman–Crippen MR) is 269 cm³/mol. The number of carbonyl (C=O) groups is 2. The second-order valence-corrected chi connectivity index (χ2v) is 16.3. The molecule has 62 heavy (non-hydrogen) atoms. The lowest BCUT2D eigenvalue weighted by Gasteiger charge is -2.18. The lowest BCUT2D eigenvalue weighted by atomic mass is 10.1. The number of hydrogen-bond donors (Lipinski definition) is 0. The zero-order valence-corrected chi connectivity index (χ0v) is 40.3. The predicted octanol–water partition coefficient (Wildman–Crippen LogP) is 17.2. The van der Waals surface area contributed by atoms with Gasteiger partial charge < -0.3 is 14.2 Å². The molecule has 352 valence electrons. The van der Waals surface area contributed by atoms with Gasteiger partial charge in [0.15, 0.2) is 6.10 Å². The summed E-state index contributed by atoms with van der Waals surface area (Å²) in [4.78, 5) is 25.3. The van der Waals surface area contributed by atoms with Crippen molar-refractivity contribution in [3.8, 4) is 0 Å². The highest BCUT2D eigenvalue weighted by Crippen LogP contribution is 2.13. The molecule has 0 amide bonds. The van der Waals surface area contributed by atoms with Crippen molar-refractivity contribution in [2.45, 2.75) is 219 Å². The van der Waals surface area contributed by atoms with Gasteiger partial charge in [-0.2, -0.15) is 0 Å². The molecule has 0 bridgehead atoms. The fraction of sp³-hybridized carbons (Fsp3) is 0.649. The van der Waals surface area contributed by atoms with Crippen molar-refractivity contribution in [2.75, 3.05) is 19.8 Å². The van der Waals surface area contributed by atoms with Gasteiger partial charge in [0.2, 0.25) is 0 Å². The summed E-state index contributed by atoms with van der Waals surface area (Å²) in [5.74, 6) is -0.509. The van der Waals surface area contributed by atoms with E-state index >= 15 is 0 Å². The van der Waals surface area contributed by atoms with Crippen LogP contribution in [0.15, 0.2) is 109 Å². The number of carbonyl (C=O) groups excluding carboxylic acids is 2. The highest BCUT2D eigenvalue weighted by molar-refractivity contribution is 5.70. The number of allylic oxidation sites excluding steroid dienone is 18. The molecule has 1 atom stereocenters. The zero-order chi connectivity index (χ0) is 44.9. The summed E-state index contributed by atoms with van der Waals surface area (Å²) in [6.45, 7) is 7.50. The molecule has 0 saturated carbocycles. The third kappa shape index (κ3) is 49.2. The first kappa shape index (κ1) is 58.6. The first-order valence-electron chi connectivity index (χ1n) is 25.4. The average molecular weight is 859 g/mol. The molecule has 0 radical (unpaired) electrons. The highest BCUT2D eigenvalue weighted by atomic mass is 16.6. The third-order valence-corrected chi connectivity index (χ3v) is 10.3. The molecule has 0 aliphatic heterocycles. The summed E-state index contributed by atoms with van der Waals surface area (Å²) in [5, 5.41) is 0. The minimum Gasteiger partial charge on any atom is -0.462 e. The molecule has 0 saturated heterocycles. The number of ether oxygens (including phenoxy) is 3. The third-order valence-electron chi connectivity index (χ3n) is 10.3. The van der Waals surface area contributed by atoms with Crippen molar-refractivity contribution < 1.29 is 23.8 Å². The van der Waals surface area contributed by atoms with E-state index in [1.54, 1.807) is 0 Å². The Morgan fingerprint density at radius 2 is 0.758 bits per heavy atom. The van der Waals surface area contributed by atoms with E-state index in [-0.39, 0.29) is 25.2 Å². The average Bonchev–Trinajstić information content (AvgIpc) is 3.27. The van der Waals surface area contributed by atoms with E-state index in [0.717, 1.165) is 96.3 Å². The first-order valence-corrected chi connectivity index (χ1v) is 25.4. The molecule has 0 aliphatic rings. The molecule has 0 aromatic carbocycles. The molecular weight excluding hydrogens is 765 g/mol. The van der Waals surface area contributed by atoms with E-state index in [4.69, 9.17) is 14.2 Å². The van der Waals surface area contributed by atoms with Crippen LogP contribution >= 0.6 is 0 Å². The van der Waals surface area contributed by atoms with Crippen molar-refractivity contribution in [3.05, 3.63) is 109 Å². The summed E-state index contributed by atoms with van der Waals surface area (Å²) in [6.07, 6.45) is 71.0. The molecule has 0 spiro atoms.